The van der Waals surface area contributed by atoms with E-state index in [0.29, 0.717) is 6.04 Å². The van der Waals surface area contributed by atoms with E-state index in [1.54, 1.807) is 0 Å². The summed E-state index contributed by atoms with van der Waals surface area (Å²) in [5.41, 5.74) is 2.16. The Morgan fingerprint density at radius 2 is 1.95 bits per heavy atom. The van der Waals surface area contributed by atoms with Crippen molar-refractivity contribution in [1.82, 2.24) is 19.9 Å². The Labute approximate surface area is 132 Å². The second kappa shape index (κ2) is 6.37. The highest BCUT2D eigenvalue weighted by Gasteiger charge is 2.09. The first-order chi connectivity index (χ1) is 10.3. The number of fused-ring (bicyclic) bond motifs is 1. The number of benzene rings is 1. The molecule has 0 spiro atoms. The maximum Gasteiger partial charge on any atom is 0.160 e. The molecular formula is C16H17BrN4. The Morgan fingerprint density at radius 1 is 1.14 bits per heavy atom. The van der Waals surface area contributed by atoms with Crippen LogP contribution in [0, 0.1) is 0 Å². The van der Waals surface area contributed by atoms with Gasteiger partial charge in [0.2, 0.25) is 0 Å². The highest BCUT2D eigenvalue weighted by atomic mass is 79.9. The molecule has 2 heterocycles. The van der Waals surface area contributed by atoms with Gasteiger partial charge in [-0.2, -0.15) is 0 Å². The van der Waals surface area contributed by atoms with Gasteiger partial charge in [-0.25, -0.2) is 0 Å². The van der Waals surface area contributed by atoms with Crippen LogP contribution in [0.15, 0.2) is 53.1 Å². The largest absolute Gasteiger partial charge is 0.310 e. The third-order valence-electron chi connectivity index (χ3n) is 3.56. The average molecular weight is 345 g/mol. The third kappa shape index (κ3) is 3.14. The maximum atomic E-state index is 4.25. The number of aromatic nitrogens is 3. The van der Waals surface area contributed by atoms with E-state index in [-0.39, 0.29) is 0 Å². The molecule has 5 heteroatoms. The molecule has 0 aliphatic rings. The van der Waals surface area contributed by atoms with Crippen LogP contribution in [-0.2, 0) is 6.42 Å². The first-order valence-corrected chi connectivity index (χ1v) is 7.81. The molecule has 1 atom stereocenters. The minimum Gasteiger partial charge on any atom is -0.310 e. The SMILES string of the molecule is CC(NCCc1nnc2ccccn12)c1ccccc1Br. The third-order valence-corrected chi connectivity index (χ3v) is 4.28. The van der Waals surface area contributed by atoms with Crippen molar-refractivity contribution >= 4 is 21.6 Å². The summed E-state index contributed by atoms with van der Waals surface area (Å²) in [5.74, 6) is 0.984. The summed E-state index contributed by atoms with van der Waals surface area (Å²) < 4.78 is 3.17. The van der Waals surface area contributed by atoms with Crippen molar-refractivity contribution in [3.8, 4) is 0 Å². The molecular weight excluding hydrogens is 328 g/mol. The zero-order valence-corrected chi connectivity index (χ0v) is 13.4. The lowest BCUT2D eigenvalue weighted by Crippen LogP contribution is -2.22. The van der Waals surface area contributed by atoms with Gasteiger partial charge in [-0.3, -0.25) is 4.40 Å². The lowest BCUT2D eigenvalue weighted by Gasteiger charge is -2.15. The monoisotopic (exact) mass is 344 g/mol. The standard InChI is InChI=1S/C16H17BrN4/c1-12(13-6-2-3-7-14(13)17)18-10-9-16-20-19-15-8-4-5-11-21(15)16/h2-8,11-12,18H,9-10H2,1H3. The van der Waals surface area contributed by atoms with Gasteiger partial charge < -0.3 is 5.32 Å². The van der Waals surface area contributed by atoms with E-state index >= 15 is 0 Å². The predicted molar refractivity (Wildman–Crippen MR) is 87.3 cm³/mol. The zero-order chi connectivity index (χ0) is 14.7. The van der Waals surface area contributed by atoms with Crippen molar-refractivity contribution in [3.05, 3.63) is 64.5 Å². The molecule has 1 unspecified atom stereocenters. The smallest absolute Gasteiger partial charge is 0.160 e. The Morgan fingerprint density at radius 3 is 2.81 bits per heavy atom. The number of rotatable bonds is 5. The van der Waals surface area contributed by atoms with Crippen LogP contribution in [0.3, 0.4) is 0 Å². The highest BCUT2D eigenvalue weighted by molar-refractivity contribution is 9.10. The van der Waals surface area contributed by atoms with Gasteiger partial charge in [-0.15, -0.1) is 10.2 Å². The Hall–Kier alpha value is -1.72. The fourth-order valence-electron chi connectivity index (χ4n) is 2.40. The molecule has 0 fully saturated rings. The van der Waals surface area contributed by atoms with Gasteiger partial charge in [-0.1, -0.05) is 40.2 Å². The normalized spacial score (nSPS) is 12.7. The zero-order valence-electron chi connectivity index (χ0n) is 11.8. The minimum absolute atomic E-state index is 0.291. The maximum absolute atomic E-state index is 4.25. The molecule has 2 aromatic heterocycles. The molecule has 0 saturated heterocycles. The number of pyridine rings is 1. The van der Waals surface area contributed by atoms with E-state index in [1.807, 2.05) is 34.9 Å². The molecule has 1 aromatic carbocycles. The lowest BCUT2D eigenvalue weighted by atomic mass is 10.1. The van der Waals surface area contributed by atoms with E-state index in [1.165, 1.54) is 5.56 Å². The van der Waals surface area contributed by atoms with Crippen LogP contribution in [0.25, 0.3) is 5.65 Å². The summed E-state index contributed by atoms with van der Waals surface area (Å²) in [6.07, 6.45) is 2.85. The van der Waals surface area contributed by atoms with E-state index in [0.717, 1.165) is 28.9 Å². The van der Waals surface area contributed by atoms with E-state index in [2.05, 4.69) is 56.6 Å². The van der Waals surface area contributed by atoms with Gasteiger partial charge in [0.15, 0.2) is 5.65 Å². The Bertz CT molecular complexity index is 738. The molecule has 0 aliphatic carbocycles. The first-order valence-electron chi connectivity index (χ1n) is 7.02. The van der Waals surface area contributed by atoms with Gasteiger partial charge in [0, 0.05) is 29.7 Å². The number of hydrogen-bond acceptors (Lipinski definition) is 3. The van der Waals surface area contributed by atoms with Crippen molar-refractivity contribution in [2.45, 2.75) is 19.4 Å². The molecule has 4 nitrogen and oxygen atoms in total. The van der Waals surface area contributed by atoms with Gasteiger partial charge in [-0.05, 0) is 30.7 Å². The molecule has 0 amide bonds. The Balaban J connectivity index is 1.62. The van der Waals surface area contributed by atoms with Crippen molar-refractivity contribution < 1.29 is 0 Å². The quantitative estimate of drug-likeness (QED) is 0.771. The van der Waals surface area contributed by atoms with Gasteiger partial charge in [0.1, 0.15) is 5.82 Å². The summed E-state index contributed by atoms with van der Waals surface area (Å²) >= 11 is 3.59. The fourth-order valence-corrected chi connectivity index (χ4v) is 3.03. The number of nitrogens with zero attached hydrogens (tertiary/aromatic N) is 3. The average Bonchev–Trinajstić information content (AvgIpc) is 2.91. The van der Waals surface area contributed by atoms with Gasteiger partial charge in [0.05, 0.1) is 0 Å². The molecule has 21 heavy (non-hydrogen) atoms. The van der Waals surface area contributed by atoms with Crippen LogP contribution < -0.4 is 5.32 Å². The molecule has 3 aromatic rings. The molecule has 0 bridgehead atoms. The number of hydrogen-bond donors (Lipinski definition) is 1. The summed E-state index contributed by atoms with van der Waals surface area (Å²) in [5, 5.41) is 11.9. The van der Waals surface area contributed by atoms with Crippen LogP contribution in [0.1, 0.15) is 24.4 Å². The summed E-state index contributed by atoms with van der Waals surface area (Å²) in [6, 6.07) is 14.5. The highest BCUT2D eigenvalue weighted by Crippen LogP contribution is 2.22. The Kier molecular flexibility index (Phi) is 4.31. The molecule has 1 N–H and O–H groups in total. The van der Waals surface area contributed by atoms with Crippen molar-refractivity contribution in [3.63, 3.8) is 0 Å². The van der Waals surface area contributed by atoms with Gasteiger partial charge >= 0.3 is 0 Å². The van der Waals surface area contributed by atoms with Crippen LogP contribution >= 0.6 is 15.9 Å². The molecule has 3 rings (SSSR count). The van der Waals surface area contributed by atoms with Crippen molar-refractivity contribution in [1.29, 1.82) is 0 Å². The second-order valence-corrected chi connectivity index (χ2v) is 5.85. The van der Waals surface area contributed by atoms with E-state index < -0.39 is 0 Å². The van der Waals surface area contributed by atoms with Crippen LogP contribution in [0.2, 0.25) is 0 Å². The molecule has 0 radical (unpaired) electrons. The molecule has 0 aliphatic heterocycles. The second-order valence-electron chi connectivity index (χ2n) is 4.99. The summed E-state index contributed by atoms with van der Waals surface area (Å²) in [6.45, 7) is 3.03. The van der Waals surface area contributed by atoms with Crippen LogP contribution in [0.4, 0.5) is 0 Å². The van der Waals surface area contributed by atoms with Crippen LogP contribution in [-0.4, -0.2) is 21.1 Å². The fraction of sp³-hybridized carbons (Fsp3) is 0.250. The predicted octanol–water partition coefficient (Wildman–Crippen LogP) is 3.39. The lowest BCUT2D eigenvalue weighted by molar-refractivity contribution is 0.567. The topological polar surface area (TPSA) is 42.2 Å². The molecule has 0 saturated carbocycles. The van der Waals surface area contributed by atoms with Crippen molar-refractivity contribution in [2.75, 3.05) is 6.54 Å². The summed E-state index contributed by atoms with van der Waals surface area (Å²) in [7, 11) is 0. The number of halogens is 1. The van der Waals surface area contributed by atoms with E-state index in [9.17, 15) is 0 Å². The molecule has 108 valence electrons. The number of nitrogens with one attached hydrogen (secondary N) is 1. The first kappa shape index (κ1) is 14.2. The van der Waals surface area contributed by atoms with E-state index in [4.69, 9.17) is 0 Å². The van der Waals surface area contributed by atoms with Crippen molar-refractivity contribution in [2.24, 2.45) is 0 Å². The summed E-state index contributed by atoms with van der Waals surface area (Å²) in [4.78, 5) is 0. The van der Waals surface area contributed by atoms with Crippen LogP contribution in [0.5, 0.6) is 0 Å². The minimum atomic E-state index is 0.291. The van der Waals surface area contributed by atoms with Gasteiger partial charge in [0.25, 0.3) is 0 Å².